The zero-order valence-electron chi connectivity index (χ0n) is 9.66. The zero-order valence-corrected chi connectivity index (χ0v) is 9.66. The van der Waals surface area contributed by atoms with Gasteiger partial charge in [-0.1, -0.05) is 43.2 Å². The minimum Gasteiger partial charge on any atom is -0.115 e. The normalized spacial score (nSPS) is 9.50. The molecular formula is C16H16. The third-order valence-electron chi connectivity index (χ3n) is 2.23. The van der Waals surface area contributed by atoms with Gasteiger partial charge in [0.2, 0.25) is 0 Å². The van der Waals surface area contributed by atoms with E-state index in [4.69, 9.17) is 6.42 Å². The van der Waals surface area contributed by atoms with E-state index < -0.39 is 0 Å². The Hall–Kier alpha value is -1.92. The van der Waals surface area contributed by atoms with Crippen molar-refractivity contribution in [3.05, 3.63) is 47.5 Å². The SMILES string of the molecule is C#C/C=C\C#Cc1cccc(CCCC)c1. The molecule has 0 aliphatic rings. The number of allylic oxidation sites excluding steroid dienone is 2. The molecule has 0 aliphatic heterocycles. The van der Waals surface area contributed by atoms with Crippen LogP contribution in [0.2, 0.25) is 0 Å². The second kappa shape index (κ2) is 7.38. The van der Waals surface area contributed by atoms with Crippen LogP contribution in [0.5, 0.6) is 0 Å². The van der Waals surface area contributed by atoms with Crippen LogP contribution in [-0.4, -0.2) is 0 Å². The van der Waals surface area contributed by atoms with Gasteiger partial charge in [-0.25, -0.2) is 0 Å². The maximum Gasteiger partial charge on any atom is 0.0251 e. The Bertz CT molecular complexity index is 447. The predicted octanol–water partition coefficient (Wildman–Crippen LogP) is 3.57. The molecule has 1 aromatic carbocycles. The fourth-order valence-electron chi connectivity index (χ4n) is 1.40. The van der Waals surface area contributed by atoms with Crippen molar-refractivity contribution in [1.82, 2.24) is 0 Å². The molecule has 0 bridgehead atoms. The van der Waals surface area contributed by atoms with Gasteiger partial charge in [0.25, 0.3) is 0 Å². The molecule has 0 aromatic heterocycles. The average molecular weight is 208 g/mol. The van der Waals surface area contributed by atoms with Crippen molar-refractivity contribution < 1.29 is 0 Å². The van der Waals surface area contributed by atoms with Crippen LogP contribution in [0.1, 0.15) is 30.9 Å². The van der Waals surface area contributed by atoms with Gasteiger partial charge < -0.3 is 0 Å². The summed E-state index contributed by atoms with van der Waals surface area (Å²) in [5.41, 5.74) is 2.41. The van der Waals surface area contributed by atoms with Crippen molar-refractivity contribution in [1.29, 1.82) is 0 Å². The van der Waals surface area contributed by atoms with Crippen LogP contribution in [0.15, 0.2) is 36.4 Å². The van der Waals surface area contributed by atoms with Crippen LogP contribution in [0.3, 0.4) is 0 Å². The molecule has 16 heavy (non-hydrogen) atoms. The van der Waals surface area contributed by atoms with Crippen LogP contribution in [0, 0.1) is 24.2 Å². The number of rotatable bonds is 3. The molecule has 1 rings (SSSR count). The van der Waals surface area contributed by atoms with Gasteiger partial charge in [0.1, 0.15) is 0 Å². The molecule has 0 aliphatic carbocycles. The number of benzene rings is 1. The van der Waals surface area contributed by atoms with Gasteiger partial charge in [0.15, 0.2) is 0 Å². The summed E-state index contributed by atoms with van der Waals surface area (Å²) < 4.78 is 0. The molecule has 0 amide bonds. The molecule has 0 saturated heterocycles. The first-order chi connectivity index (χ1) is 7.86. The van der Waals surface area contributed by atoms with Crippen LogP contribution in [0.4, 0.5) is 0 Å². The van der Waals surface area contributed by atoms with E-state index in [1.165, 1.54) is 18.4 Å². The second-order valence-electron chi connectivity index (χ2n) is 3.57. The van der Waals surface area contributed by atoms with E-state index in [2.05, 4.69) is 42.9 Å². The van der Waals surface area contributed by atoms with E-state index in [0.717, 1.165) is 12.0 Å². The molecule has 0 spiro atoms. The highest BCUT2D eigenvalue weighted by atomic mass is 14.0. The summed E-state index contributed by atoms with van der Waals surface area (Å²) in [6, 6.07) is 8.37. The largest absolute Gasteiger partial charge is 0.115 e. The molecular weight excluding hydrogens is 192 g/mol. The van der Waals surface area contributed by atoms with E-state index in [1.54, 1.807) is 12.2 Å². The summed E-state index contributed by atoms with van der Waals surface area (Å²) in [5, 5.41) is 0. The minimum atomic E-state index is 1.05. The molecule has 0 unspecified atom stereocenters. The highest BCUT2D eigenvalue weighted by Gasteiger charge is 1.92. The number of terminal acetylenes is 1. The number of hydrogen-bond acceptors (Lipinski definition) is 0. The zero-order chi connectivity index (χ0) is 11.6. The van der Waals surface area contributed by atoms with Gasteiger partial charge in [0, 0.05) is 5.56 Å². The molecule has 0 N–H and O–H groups in total. The average Bonchev–Trinajstić information content (AvgIpc) is 2.33. The minimum absolute atomic E-state index is 1.05. The fraction of sp³-hybridized carbons (Fsp3) is 0.250. The standard InChI is InChI=1S/C16H16/c1-3-5-7-8-11-16-13-9-12-15(14-16)10-6-4-2/h1,5,7,9,12-14H,4,6,10H2,2H3/b7-5-. The lowest BCUT2D eigenvalue weighted by Crippen LogP contribution is -1.85. The lowest BCUT2D eigenvalue weighted by atomic mass is 10.1. The maximum absolute atomic E-state index is 5.08. The quantitative estimate of drug-likeness (QED) is 0.666. The summed E-state index contributed by atoms with van der Waals surface area (Å²) in [5.74, 6) is 8.39. The number of unbranched alkanes of at least 4 members (excludes halogenated alkanes) is 1. The van der Waals surface area contributed by atoms with Crippen molar-refractivity contribution in [3.8, 4) is 24.2 Å². The number of hydrogen-bond donors (Lipinski definition) is 0. The van der Waals surface area contributed by atoms with E-state index >= 15 is 0 Å². The molecule has 1 aromatic rings. The van der Waals surface area contributed by atoms with Crippen molar-refractivity contribution in [3.63, 3.8) is 0 Å². The third-order valence-corrected chi connectivity index (χ3v) is 2.23. The van der Waals surface area contributed by atoms with Crippen LogP contribution < -0.4 is 0 Å². The molecule has 0 atom stereocenters. The van der Waals surface area contributed by atoms with Gasteiger partial charge in [-0.05, 0) is 42.7 Å². The van der Waals surface area contributed by atoms with E-state index in [9.17, 15) is 0 Å². The summed E-state index contributed by atoms with van der Waals surface area (Å²) in [4.78, 5) is 0. The van der Waals surface area contributed by atoms with Crippen molar-refractivity contribution in [2.24, 2.45) is 0 Å². The van der Waals surface area contributed by atoms with Gasteiger partial charge in [0.05, 0.1) is 0 Å². The van der Waals surface area contributed by atoms with Gasteiger partial charge >= 0.3 is 0 Å². The molecule has 0 nitrogen and oxygen atoms in total. The Morgan fingerprint density at radius 1 is 1.31 bits per heavy atom. The van der Waals surface area contributed by atoms with Crippen molar-refractivity contribution >= 4 is 0 Å². The van der Waals surface area contributed by atoms with Gasteiger partial charge in [-0.2, -0.15) is 0 Å². The first-order valence-electron chi connectivity index (χ1n) is 5.58. The highest BCUT2D eigenvalue weighted by molar-refractivity contribution is 5.39. The molecule has 0 fully saturated rings. The molecule has 0 saturated carbocycles. The van der Waals surface area contributed by atoms with E-state index in [-0.39, 0.29) is 0 Å². The summed E-state index contributed by atoms with van der Waals surface area (Å²) in [7, 11) is 0. The lowest BCUT2D eigenvalue weighted by Gasteiger charge is -1.99. The van der Waals surface area contributed by atoms with Gasteiger partial charge in [-0.15, -0.1) is 6.42 Å². The van der Waals surface area contributed by atoms with Crippen molar-refractivity contribution in [2.45, 2.75) is 26.2 Å². The first kappa shape index (κ1) is 12.2. The molecule has 0 heteroatoms. The number of aryl methyl sites for hydroxylation is 1. The predicted molar refractivity (Wildman–Crippen MR) is 69.9 cm³/mol. The monoisotopic (exact) mass is 208 g/mol. The van der Waals surface area contributed by atoms with E-state index in [1.807, 2.05) is 6.07 Å². The van der Waals surface area contributed by atoms with Crippen LogP contribution in [-0.2, 0) is 6.42 Å². The smallest absolute Gasteiger partial charge is 0.0251 e. The molecule has 0 heterocycles. The van der Waals surface area contributed by atoms with Crippen LogP contribution >= 0.6 is 0 Å². The Morgan fingerprint density at radius 2 is 2.19 bits per heavy atom. The lowest BCUT2D eigenvalue weighted by molar-refractivity contribution is 0.795. The molecule has 80 valence electrons. The Balaban J connectivity index is 2.70. The Labute approximate surface area is 98.4 Å². The summed E-state index contributed by atoms with van der Waals surface area (Å²) in [6.07, 6.45) is 12.0. The maximum atomic E-state index is 5.08. The summed E-state index contributed by atoms with van der Waals surface area (Å²) in [6.45, 7) is 2.20. The fourth-order valence-corrected chi connectivity index (χ4v) is 1.40. The van der Waals surface area contributed by atoms with E-state index in [0.29, 0.717) is 0 Å². The van der Waals surface area contributed by atoms with Crippen LogP contribution in [0.25, 0.3) is 0 Å². The van der Waals surface area contributed by atoms with Gasteiger partial charge in [-0.3, -0.25) is 0 Å². The second-order valence-corrected chi connectivity index (χ2v) is 3.57. The Morgan fingerprint density at radius 3 is 2.94 bits per heavy atom. The Kier molecular flexibility index (Phi) is 5.61. The third kappa shape index (κ3) is 4.54. The topological polar surface area (TPSA) is 0 Å². The first-order valence-corrected chi connectivity index (χ1v) is 5.58. The highest BCUT2D eigenvalue weighted by Crippen LogP contribution is 2.07. The summed E-state index contributed by atoms with van der Waals surface area (Å²) >= 11 is 0. The van der Waals surface area contributed by atoms with Crippen molar-refractivity contribution in [2.75, 3.05) is 0 Å². The molecule has 0 radical (unpaired) electrons.